The number of hydrogen-bond donors (Lipinski definition) is 2. The fraction of sp³-hybridized carbons (Fsp3) is 0.300. The number of imidazole rings is 1. The van der Waals surface area contributed by atoms with Gasteiger partial charge < -0.3 is 15.4 Å². The first-order chi connectivity index (χ1) is 6.59. The lowest BCUT2D eigenvalue weighted by Gasteiger charge is -2.03. The van der Waals surface area contributed by atoms with Crippen LogP contribution >= 0.6 is 0 Å². The monoisotopic (exact) mass is 191 g/mol. The molecule has 1 aromatic heterocycles. The average molecular weight is 191 g/mol. The number of nitrogens with two attached hydrogens (primary N) is 1. The van der Waals surface area contributed by atoms with Crippen molar-refractivity contribution in [2.75, 3.05) is 5.73 Å². The SMILES string of the molecule is CC(O)c1nc2cc(N)ccc2n1C. The van der Waals surface area contributed by atoms with E-state index in [-0.39, 0.29) is 0 Å². The van der Waals surface area contributed by atoms with E-state index in [4.69, 9.17) is 5.73 Å². The highest BCUT2D eigenvalue weighted by Crippen LogP contribution is 2.20. The van der Waals surface area contributed by atoms with Gasteiger partial charge in [0.2, 0.25) is 0 Å². The van der Waals surface area contributed by atoms with Gasteiger partial charge in [-0.15, -0.1) is 0 Å². The van der Waals surface area contributed by atoms with Gasteiger partial charge in [0.15, 0.2) is 0 Å². The van der Waals surface area contributed by atoms with Crippen molar-refractivity contribution in [3.8, 4) is 0 Å². The lowest BCUT2D eigenvalue weighted by atomic mass is 10.3. The number of nitrogen functional groups attached to an aromatic ring is 1. The normalized spacial score (nSPS) is 13.4. The molecule has 0 aliphatic rings. The van der Waals surface area contributed by atoms with Crippen molar-refractivity contribution in [3.05, 3.63) is 24.0 Å². The molecule has 0 spiro atoms. The summed E-state index contributed by atoms with van der Waals surface area (Å²) >= 11 is 0. The maximum Gasteiger partial charge on any atom is 0.138 e. The Kier molecular flexibility index (Phi) is 1.93. The summed E-state index contributed by atoms with van der Waals surface area (Å²) in [6.07, 6.45) is -0.561. The van der Waals surface area contributed by atoms with Gasteiger partial charge in [-0.3, -0.25) is 0 Å². The number of aromatic nitrogens is 2. The number of anilines is 1. The Labute approximate surface area is 82.0 Å². The van der Waals surface area contributed by atoms with Crippen molar-refractivity contribution in [1.82, 2.24) is 9.55 Å². The molecule has 0 aliphatic heterocycles. The molecule has 0 fully saturated rings. The summed E-state index contributed by atoms with van der Waals surface area (Å²) < 4.78 is 1.87. The Morgan fingerprint density at radius 3 is 2.86 bits per heavy atom. The molecule has 3 N–H and O–H groups in total. The first-order valence-corrected chi connectivity index (χ1v) is 4.49. The third-order valence-corrected chi connectivity index (χ3v) is 2.31. The number of aryl methyl sites for hydroxylation is 1. The predicted molar refractivity (Wildman–Crippen MR) is 55.8 cm³/mol. The van der Waals surface area contributed by atoms with Crippen molar-refractivity contribution in [2.24, 2.45) is 7.05 Å². The average Bonchev–Trinajstić information content (AvgIpc) is 2.43. The zero-order chi connectivity index (χ0) is 10.3. The minimum atomic E-state index is -0.561. The van der Waals surface area contributed by atoms with E-state index in [0.717, 1.165) is 11.0 Å². The summed E-state index contributed by atoms with van der Waals surface area (Å²) in [5.74, 6) is 0.658. The molecule has 1 unspecified atom stereocenters. The van der Waals surface area contributed by atoms with Crippen LogP contribution in [0.5, 0.6) is 0 Å². The second kappa shape index (κ2) is 2.99. The first kappa shape index (κ1) is 9.02. The summed E-state index contributed by atoms with van der Waals surface area (Å²) in [5, 5.41) is 9.46. The summed E-state index contributed by atoms with van der Waals surface area (Å²) in [4.78, 5) is 4.31. The highest BCUT2D eigenvalue weighted by molar-refractivity contribution is 5.79. The zero-order valence-electron chi connectivity index (χ0n) is 8.23. The number of fused-ring (bicyclic) bond motifs is 1. The molecule has 0 saturated carbocycles. The van der Waals surface area contributed by atoms with Gasteiger partial charge >= 0.3 is 0 Å². The third-order valence-electron chi connectivity index (χ3n) is 2.31. The molecular weight excluding hydrogens is 178 g/mol. The van der Waals surface area contributed by atoms with Crippen LogP contribution in [0.2, 0.25) is 0 Å². The lowest BCUT2D eigenvalue weighted by molar-refractivity contribution is 0.186. The third kappa shape index (κ3) is 1.24. The number of aliphatic hydroxyl groups excluding tert-OH is 1. The molecule has 1 atom stereocenters. The highest BCUT2D eigenvalue weighted by Gasteiger charge is 2.11. The van der Waals surface area contributed by atoms with Gasteiger partial charge in [0.25, 0.3) is 0 Å². The Hall–Kier alpha value is -1.55. The van der Waals surface area contributed by atoms with E-state index in [1.165, 1.54) is 0 Å². The van der Waals surface area contributed by atoms with E-state index in [1.54, 1.807) is 13.0 Å². The molecule has 0 aliphatic carbocycles. The minimum Gasteiger partial charge on any atom is -0.399 e. The largest absolute Gasteiger partial charge is 0.399 e. The van der Waals surface area contributed by atoms with Gasteiger partial charge in [-0.25, -0.2) is 4.98 Å². The molecule has 74 valence electrons. The molecule has 14 heavy (non-hydrogen) atoms. The summed E-state index contributed by atoms with van der Waals surface area (Å²) in [7, 11) is 1.88. The van der Waals surface area contributed by atoms with Gasteiger partial charge in [0, 0.05) is 12.7 Å². The van der Waals surface area contributed by atoms with E-state index in [9.17, 15) is 5.11 Å². The molecular formula is C10H13N3O. The van der Waals surface area contributed by atoms with Crippen LogP contribution in [0, 0.1) is 0 Å². The van der Waals surface area contributed by atoms with Crippen molar-refractivity contribution in [2.45, 2.75) is 13.0 Å². The van der Waals surface area contributed by atoms with Gasteiger partial charge in [0.05, 0.1) is 11.0 Å². The lowest BCUT2D eigenvalue weighted by Crippen LogP contribution is -2.01. The minimum absolute atomic E-state index is 0.561. The fourth-order valence-corrected chi connectivity index (χ4v) is 1.61. The van der Waals surface area contributed by atoms with Crippen LogP contribution < -0.4 is 5.73 Å². The van der Waals surface area contributed by atoms with Crippen LogP contribution in [0.1, 0.15) is 18.9 Å². The molecule has 1 aromatic carbocycles. The van der Waals surface area contributed by atoms with E-state index < -0.39 is 6.10 Å². The summed E-state index contributed by atoms with van der Waals surface area (Å²) in [6.45, 7) is 1.70. The topological polar surface area (TPSA) is 64.1 Å². The highest BCUT2D eigenvalue weighted by atomic mass is 16.3. The van der Waals surface area contributed by atoms with Crippen molar-refractivity contribution >= 4 is 16.7 Å². The van der Waals surface area contributed by atoms with Gasteiger partial charge in [-0.1, -0.05) is 0 Å². The molecule has 0 saturated heterocycles. The van der Waals surface area contributed by atoms with Crippen molar-refractivity contribution in [1.29, 1.82) is 0 Å². The van der Waals surface area contributed by atoms with Crippen molar-refractivity contribution in [3.63, 3.8) is 0 Å². The van der Waals surface area contributed by atoms with Gasteiger partial charge in [-0.05, 0) is 25.1 Å². The second-order valence-corrected chi connectivity index (χ2v) is 3.45. The standard InChI is InChI=1S/C10H13N3O/c1-6(14)10-12-8-5-7(11)3-4-9(8)13(10)2/h3-6,14H,11H2,1-2H3. The Morgan fingerprint density at radius 2 is 2.21 bits per heavy atom. The Morgan fingerprint density at radius 1 is 1.50 bits per heavy atom. The number of hydrogen-bond acceptors (Lipinski definition) is 3. The number of nitrogens with zero attached hydrogens (tertiary/aromatic N) is 2. The summed E-state index contributed by atoms with van der Waals surface area (Å²) in [5.41, 5.74) is 8.14. The summed E-state index contributed by atoms with van der Waals surface area (Å²) in [6, 6.07) is 5.54. The zero-order valence-corrected chi connectivity index (χ0v) is 8.23. The second-order valence-electron chi connectivity index (χ2n) is 3.45. The predicted octanol–water partition coefficient (Wildman–Crippen LogP) is 1.21. The van der Waals surface area contributed by atoms with Crippen molar-refractivity contribution < 1.29 is 5.11 Å². The molecule has 2 rings (SSSR count). The Balaban J connectivity index is 2.73. The quantitative estimate of drug-likeness (QED) is 0.666. The van der Waals surface area contributed by atoms with Crippen LogP contribution in [0.25, 0.3) is 11.0 Å². The number of aliphatic hydroxyl groups is 1. The maximum absolute atomic E-state index is 9.46. The molecule has 0 bridgehead atoms. The van der Waals surface area contributed by atoms with Crippen LogP contribution in [0.4, 0.5) is 5.69 Å². The maximum atomic E-state index is 9.46. The molecule has 1 heterocycles. The molecule has 4 heteroatoms. The first-order valence-electron chi connectivity index (χ1n) is 4.49. The van der Waals surface area contributed by atoms with E-state index >= 15 is 0 Å². The fourth-order valence-electron chi connectivity index (χ4n) is 1.61. The van der Waals surface area contributed by atoms with Gasteiger partial charge in [-0.2, -0.15) is 0 Å². The van der Waals surface area contributed by atoms with Crippen LogP contribution in [-0.2, 0) is 7.05 Å². The molecule has 4 nitrogen and oxygen atoms in total. The number of benzene rings is 1. The van der Waals surface area contributed by atoms with Crippen LogP contribution in [0.15, 0.2) is 18.2 Å². The van der Waals surface area contributed by atoms with Gasteiger partial charge in [0.1, 0.15) is 11.9 Å². The van der Waals surface area contributed by atoms with Crippen LogP contribution in [-0.4, -0.2) is 14.7 Å². The van der Waals surface area contributed by atoms with Crippen LogP contribution in [0.3, 0.4) is 0 Å². The molecule has 0 radical (unpaired) electrons. The van der Waals surface area contributed by atoms with E-state index in [2.05, 4.69) is 4.98 Å². The molecule has 0 amide bonds. The van der Waals surface area contributed by atoms with E-state index in [0.29, 0.717) is 11.5 Å². The molecule has 2 aromatic rings. The van der Waals surface area contributed by atoms with E-state index in [1.807, 2.05) is 23.7 Å². The number of rotatable bonds is 1. The smallest absolute Gasteiger partial charge is 0.138 e. The Bertz CT molecular complexity index is 473.